The van der Waals surface area contributed by atoms with Crippen molar-refractivity contribution in [2.45, 2.75) is 22.6 Å². The van der Waals surface area contributed by atoms with Gasteiger partial charge in [0.1, 0.15) is 12.0 Å². The van der Waals surface area contributed by atoms with Crippen LogP contribution in [0.2, 0.25) is 0 Å². The van der Waals surface area contributed by atoms with Crippen LogP contribution in [-0.2, 0) is 9.59 Å². The number of benzene rings is 2. The Hall–Kier alpha value is -2.84. The number of fused-ring (bicyclic) bond motifs is 6. The second kappa shape index (κ2) is 8.13. The van der Waals surface area contributed by atoms with Gasteiger partial charge < -0.3 is 19.8 Å². The Bertz CT molecular complexity index is 1300. The summed E-state index contributed by atoms with van der Waals surface area (Å²) >= 11 is 2.96. The fraction of sp³-hybridized carbons (Fsp3) is 0.346. The highest BCUT2D eigenvalue weighted by Crippen LogP contribution is 2.66. The second-order valence-electron chi connectivity index (χ2n) is 9.47. The largest absolute Gasteiger partial charge is 0.508 e. The summed E-state index contributed by atoms with van der Waals surface area (Å²) in [7, 11) is 1.73. The minimum atomic E-state index is -0.390. The highest BCUT2D eigenvalue weighted by atomic mass is 32.2. The van der Waals surface area contributed by atoms with E-state index in [1.807, 2.05) is 18.2 Å². The number of thioether (sulfide) groups is 1. The summed E-state index contributed by atoms with van der Waals surface area (Å²) < 4.78 is 0. The van der Waals surface area contributed by atoms with Gasteiger partial charge in [0.25, 0.3) is 0 Å². The first kappa shape index (κ1) is 21.7. The lowest BCUT2D eigenvalue weighted by Gasteiger charge is -2.45. The average Bonchev–Trinajstić information content (AvgIpc) is 3.52. The number of aromatic nitrogens is 1. The maximum atomic E-state index is 13.7. The summed E-state index contributed by atoms with van der Waals surface area (Å²) in [4.78, 5) is 44.1. The van der Waals surface area contributed by atoms with E-state index in [2.05, 4.69) is 17.1 Å². The lowest BCUT2D eigenvalue weighted by molar-refractivity contribution is -0.129. The number of hydrogen-bond donors (Lipinski definition) is 2. The van der Waals surface area contributed by atoms with Gasteiger partial charge in [0, 0.05) is 34.7 Å². The zero-order valence-corrected chi connectivity index (χ0v) is 20.1. The summed E-state index contributed by atoms with van der Waals surface area (Å²) in [6.45, 7) is 0. The van der Waals surface area contributed by atoms with Gasteiger partial charge >= 0.3 is 4.87 Å². The molecule has 0 spiro atoms. The number of aromatic hydroxyl groups is 1. The third-order valence-electron chi connectivity index (χ3n) is 7.94. The molecule has 1 aromatic heterocycles. The molecule has 1 aliphatic heterocycles. The number of anilines is 1. The normalized spacial score (nSPS) is 31.0. The van der Waals surface area contributed by atoms with Crippen molar-refractivity contribution in [1.82, 2.24) is 4.98 Å². The van der Waals surface area contributed by atoms with Gasteiger partial charge in [-0.2, -0.15) is 0 Å². The van der Waals surface area contributed by atoms with Gasteiger partial charge in [-0.25, -0.2) is 0 Å². The molecule has 0 saturated heterocycles. The number of carbonyl (C=O) groups is 2. The predicted molar refractivity (Wildman–Crippen MR) is 133 cm³/mol. The van der Waals surface area contributed by atoms with E-state index in [4.69, 9.17) is 0 Å². The highest BCUT2D eigenvalue weighted by molar-refractivity contribution is 8.00. The number of nitrogens with zero attached hydrogens (tertiary/aromatic N) is 1. The number of rotatable bonds is 4. The van der Waals surface area contributed by atoms with Gasteiger partial charge in [-0.1, -0.05) is 41.7 Å². The lowest BCUT2D eigenvalue weighted by atomic mass is 9.67. The number of thiazole rings is 1. The van der Waals surface area contributed by atoms with Crippen molar-refractivity contribution < 1.29 is 14.7 Å². The van der Waals surface area contributed by atoms with Gasteiger partial charge in [0.05, 0.1) is 10.9 Å². The van der Waals surface area contributed by atoms with Crippen LogP contribution in [0.5, 0.6) is 5.75 Å². The molecule has 34 heavy (non-hydrogen) atoms. The number of aldehydes is 1. The minimum absolute atomic E-state index is 0.0507. The van der Waals surface area contributed by atoms with Gasteiger partial charge in [0.2, 0.25) is 5.91 Å². The average molecular weight is 493 g/mol. The summed E-state index contributed by atoms with van der Waals surface area (Å²) in [5.74, 6) is -0.243. The molecule has 2 bridgehead atoms. The molecule has 6 nitrogen and oxygen atoms in total. The molecule has 2 N–H and O–H groups in total. The smallest absolute Gasteiger partial charge is 0.305 e. The number of carbonyl (C=O) groups excluding carboxylic acids is 2. The van der Waals surface area contributed by atoms with Crippen molar-refractivity contribution in [2.75, 3.05) is 11.9 Å². The third kappa shape index (κ3) is 3.19. The van der Waals surface area contributed by atoms with E-state index < -0.39 is 5.92 Å². The van der Waals surface area contributed by atoms with Crippen LogP contribution < -0.4 is 9.77 Å². The van der Waals surface area contributed by atoms with Crippen LogP contribution in [0.25, 0.3) is 0 Å². The van der Waals surface area contributed by atoms with E-state index in [1.54, 1.807) is 48.0 Å². The Balaban J connectivity index is 1.39. The first-order valence-corrected chi connectivity index (χ1v) is 13.1. The van der Waals surface area contributed by atoms with E-state index in [1.165, 1.54) is 11.3 Å². The number of hydrogen-bond acceptors (Lipinski definition) is 6. The van der Waals surface area contributed by atoms with Crippen LogP contribution in [-0.4, -0.2) is 34.6 Å². The van der Waals surface area contributed by atoms with Crippen molar-refractivity contribution in [3.8, 4) is 5.75 Å². The predicted octanol–water partition coefficient (Wildman–Crippen LogP) is 4.11. The number of nitrogens with one attached hydrogen (secondary N) is 1. The van der Waals surface area contributed by atoms with Crippen molar-refractivity contribution >= 4 is 41.0 Å². The van der Waals surface area contributed by atoms with Crippen LogP contribution in [0.15, 0.2) is 64.4 Å². The van der Waals surface area contributed by atoms with Crippen LogP contribution in [0, 0.1) is 29.6 Å². The number of aromatic amines is 1. The van der Waals surface area contributed by atoms with E-state index >= 15 is 0 Å². The molecular weight excluding hydrogens is 468 g/mol. The summed E-state index contributed by atoms with van der Waals surface area (Å²) in [5.41, 5.74) is 1.85. The summed E-state index contributed by atoms with van der Waals surface area (Å²) in [6.07, 6.45) is 1.84. The first-order valence-electron chi connectivity index (χ1n) is 11.4. The van der Waals surface area contributed by atoms with Crippen molar-refractivity contribution in [3.05, 3.63) is 74.7 Å². The Kier molecular flexibility index (Phi) is 5.18. The molecule has 2 aliphatic carbocycles. The van der Waals surface area contributed by atoms with Gasteiger partial charge in [0.15, 0.2) is 0 Å². The zero-order chi connectivity index (χ0) is 23.6. The SMILES string of the molecule is CN(C(=O)[C@H]1[C@@H](C=O)[C@@H]2C[C@H]1[C@H]1Sc3[nH]c(=O)sc3[C@H](c3ccccc3)[C@@H]21)c1ccc(O)cc1. The Morgan fingerprint density at radius 2 is 1.85 bits per heavy atom. The Morgan fingerprint density at radius 3 is 2.56 bits per heavy atom. The maximum absolute atomic E-state index is 13.7. The van der Waals surface area contributed by atoms with E-state index in [0.29, 0.717) is 5.69 Å². The summed E-state index contributed by atoms with van der Waals surface area (Å²) in [5, 5.41) is 10.7. The van der Waals surface area contributed by atoms with Crippen molar-refractivity contribution in [3.63, 3.8) is 0 Å². The van der Waals surface area contributed by atoms with E-state index in [0.717, 1.165) is 28.2 Å². The molecule has 0 unspecified atom stereocenters. The lowest BCUT2D eigenvalue weighted by Crippen LogP contribution is -2.48. The first-order chi connectivity index (χ1) is 16.5. The number of H-pyrrole nitrogens is 1. The van der Waals surface area contributed by atoms with Crippen LogP contribution >= 0.6 is 23.1 Å². The Morgan fingerprint density at radius 1 is 1.12 bits per heavy atom. The standard InChI is InChI=1S/C26H24N2O4S2/c1-28(14-7-9-15(30)10-8-14)25(31)20-17-11-16(18(20)12-29)21-19(13-5-3-2-4-6-13)23-24(33-22(17)21)27-26(32)34-23/h2-10,12,16-22,30H,11H2,1H3,(H,27,32)/t16-,17+,18-,19+,20+,21+,22+/m0/s1. The summed E-state index contributed by atoms with van der Waals surface area (Å²) in [6, 6.07) is 16.8. The van der Waals surface area contributed by atoms with Gasteiger partial charge in [-0.15, -0.1) is 11.8 Å². The van der Waals surface area contributed by atoms with Crippen molar-refractivity contribution in [1.29, 1.82) is 0 Å². The third-order valence-corrected chi connectivity index (χ3v) is 10.5. The number of amides is 1. The second-order valence-corrected chi connectivity index (χ2v) is 11.7. The highest BCUT2D eigenvalue weighted by Gasteiger charge is 2.64. The van der Waals surface area contributed by atoms with E-state index in [9.17, 15) is 19.5 Å². The fourth-order valence-electron chi connectivity index (χ4n) is 6.58. The van der Waals surface area contributed by atoms with Crippen LogP contribution in [0.3, 0.4) is 0 Å². The molecule has 2 fully saturated rings. The molecule has 0 radical (unpaired) electrons. The molecule has 1 amide bonds. The molecular formula is C26H24N2O4S2. The fourth-order valence-corrected chi connectivity index (χ4v) is 9.47. The molecule has 8 heteroatoms. The molecule has 174 valence electrons. The zero-order valence-electron chi connectivity index (χ0n) is 18.5. The number of phenols is 1. The molecule has 7 atom stereocenters. The molecule has 6 rings (SSSR count). The molecule has 3 aliphatic rings. The van der Waals surface area contributed by atoms with E-state index in [-0.39, 0.29) is 51.4 Å². The number of phenolic OH excluding ortho intramolecular Hbond substituents is 1. The molecule has 3 aromatic rings. The minimum Gasteiger partial charge on any atom is -0.508 e. The van der Waals surface area contributed by atoms with Crippen molar-refractivity contribution in [2.24, 2.45) is 29.6 Å². The maximum Gasteiger partial charge on any atom is 0.305 e. The Labute approximate surface area is 205 Å². The molecule has 2 aromatic carbocycles. The topological polar surface area (TPSA) is 90.5 Å². The quantitative estimate of drug-likeness (QED) is 0.535. The van der Waals surface area contributed by atoms with Gasteiger partial charge in [-0.05, 0) is 54.0 Å². The van der Waals surface area contributed by atoms with Gasteiger partial charge in [-0.3, -0.25) is 9.59 Å². The monoisotopic (exact) mass is 492 g/mol. The van der Waals surface area contributed by atoms with Crippen LogP contribution in [0.1, 0.15) is 22.8 Å². The van der Waals surface area contributed by atoms with Crippen LogP contribution in [0.4, 0.5) is 5.69 Å². The molecule has 2 saturated carbocycles. The molecule has 2 heterocycles.